The van der Waals surface area contributed by atoms with E-state index in [0.717, 1.165) is 38.3 Å². The van der Waals surface area contributed by atoms with Crippen LogP contribution < -0.4 is 5.32 Å². The number of benzene rings is 1. The van der Waals surface area contributed by atoms with E-state index >= 15 is 0 Å². The van der Waals surface area contributed by atoms with Crippen molar-refractivity contribution in [3.8, 4) is 5.69 Å². The molecule has 23 heavy (non-hydrogen) atoms. The Morgan fingerprint density at radius 3 is 2.61 bits per heavy atom. The third-order valence-electron chi connectivity index (χ3n) is 3.84. The van der Waals surface area contributed by atoms with Crippen molar-refractivity contribution in [1.29, 1.82) is 0 Å². The van der Waals surface area contributed by atoms with Crippen LogP contribution >= 0.6 is 12.4 Å². The molecule has 1 aromatic heterocycles. The van der Waals surface area contributed by atoms with Crippen LogP contribution in [0.25, 0.3) is 5.69 Å². The highest BCUT2D eigenvalue weighted by molar-refractivity contribution is 5.85. The standard InChI is InChI=1S/C15H19F2N5.ClH/c16-13-5-4-12(10-14(13)17)22-11-15(19-20-22)18-6-9-21-7-2-1-3-8-21;/h4-5,10-11,18H,1-3,6-9H2;1H. The monoisotopic (exact) mass is 343 g/mol. The molecule has 0 saturated carbocycles. The van der Waals surface area contributed by atoms with Gasteiger partial charge in [-0.15, -0.1) is 17.5 Å². The van der Waals surface area contributed by atoms with E-state index in [-0.39, 0.29) is 12.4 Å². The van der Waals surface area contributed by atoms with E-state index in [2.05, 4.69) is 20.5 Å². The molecule has 3 rings (SSSR count). The highest BCUT2D eigenvalue weighted by atomic mass is 35.5. The van der Waals surface area contributed by atoms with Crippen molar-refractivity contribution in [2.75, 3.05) is 31.5 Å². The number of nitrogens with one attached hydrogen (secondary N) is 1. The second-order valence-electron chi connectivity index (χ2n) is 5.48. The molecule has 5 nitrogen and oxygen atoms in total. The zero-order valence-corrected chi connectivity index (χ0v) is 13.5. The molecule has 0 unspecified atom stereocenters. The Morgan fingerprint density at radius 1 is 1.09 bits per heavy atom. The first kappa shape index (κ1) is 17.6. The maximum Gasteiger partial charge on any atom is 0.169 e. The summed E-state index contributed by atoms with van der Waals surface area (Å²) in [6, 6.07) is 3.64. The van der Waals surface area contributed by atoms with Crippen molar-refractivity contribution >= 4 is 18.2 Å². The van der Waals surface area contributed by atoms with Crippen molar-refractivity contribution in [3.63, 3.8) is 0 Å². The van der Waals surface area contributed by atoms with Crippen molar-refractivity contribution in [2.24, 2.45) is 0 Å². The lowest BCUT2D eigenvalue weighted by molar-refractivity contribution is 0.237. The fraction of sp³-hybridized carbons (Fsp3) is 0.467. The van der Waals surface area contributed by atoms with Gasteiger partial charge in [-0.25, -0.2) is 13.5 Å². The quantitative estimate of drug-likeness (QED) is 0.906. The van der Waals surface area contributed by atoms with E-state index in [1.54, 1.807) is 6.20 Å². The van der Waals surface area contributed by atoms with Gasteiger partial charge in [-0.2, -0.15) is 0 Å². The van der Waals surface area contributed by atoms with E-state index in [1.807, 2.05) is 0 Å². The molecule has 1 saturated heterocycles. The number of likely N-dealkylation sites (tertiary alicyclic amines) is 1. The van der Waals surface area contributed by atoms with E-state index in [9.17, 15) is 8.78 Å². The first-order valence-electron chi connectivity index (χ1n) is 7.56. The number of hydrogen-bond acceptors (Lipinski definition) is 4. The number of rotatable bonds is 5. The summed E-state index contributed by atoms with van der Waals surface area (Å²) in [4.78, 5) is 2.43. The van der Waals surface area contributed by atoms with E-state index in [0.29, 0.717) is 11.5 Å². The molecular weight excluding hydrogens is 324 g/mol. The molecule has 2 aromatic rings. The molecule has 0 amide bonds. The molecule has 1 N–H and O–H groups in total. The predicted molar refractivity (Wildman–Crippen MR) is 87.3 cm³/mol. The summed E-state index contributed by atoms with van der Waals surface area (Å²) in [5.74, 6) is -1.14. The normalized spacial score (nSPS) is 15.2. The maximum absolute atomic E-state index is 13.2. The summed E-state index contributed by atoms with van der Waals surface area (Å²) in [6.07, 6.45) is 5.54. The van der Waals surface area contributed by atoms with Crippen LogP contribution in [0.2, 0.25) is 0 Å². The van der Waals surface area contributed by atoms with Gasteiger partial charge in [0.2, 0.25) is 0 Å². The Morgan fingerprint density at radius 2 is 1.87 bits per heavy atom. The van der Waals surface area contributed by atoms with Crippen LogP contribution in [-0.2, 0) is 0 Å². The zero-order valence-electron chi connectivity index (χ0n) is 12.7. The first-order valence-corrected chi connectivity index (χ1v) is 7.56. The molecular formula is C15H20ClF2N5. The summed E-state index contributed by atoms with van der Waals surface area (Å²) in [6.45, 7) is 4.07. The first-order chi connectivity index (χ1) is 10.7. The lowest BCUT2D eigenvalue weighted by Crippen LogP contribution is -2.33. The Kier molecular flexibility index (Phi) is 6.29. The van der Waals surface area contributed by atoms with Crippen molar-refractivity contribution in [3.05, 3.63) is 36.0 Å². The molecule has 0 atom stereocenters. The Hall–Kier alpha value is -1.73. The minimum atomic E-state index is -0.896. The molecule has 2 heterocycles. The smallest absolute Gasteiger partial charge is 0.169 e. The van der Waals surface area contributed by atoms with Crippen LogP contribution in [0, 0.1) is 11.6 Å². The summed E-state index contributed by atoms with van der Waals surface area (Å²) in [5, 5.41) is 11.1. The average Bonchev–Trinajstić information content (AvgIpc) is 3.00. The number of anilines is 1. The zero-order chi connectivity index (χ0) is 15.4. The highest BCUT2D eigenvalue weighted by Crippen LogP contribution is 2.13. The fourth-order valence-corrected chi connectivity index (χ4v) is 2.62. The highest BCUT2D eigenvalue weighted by Gasteiger charge is 2.10. The second kappa shape index (κ2) is 8.21. The van der Waals surface area contributed by atoms with Gasteiger partial charge in [-0.1, -0.05) is 11.6 Å². The van der Waals surface area contributed by atoms with Crippen LogP contribution in [0.5, 0.6) is 0 Å². The maximum atomic E-state index is 13.2. The lowest BCUT2D eigenvalue weighted by Gasteiger charge is -2.26. The van der Waals surface area contributed by atoms with Crippen LogP contribution in [0.15, 0.2) is 24.4 Å². The van der Waals surface area contributed by atoms with Gasteiger partial charge in [0.05, 0.1) is 11.9 Å². The number of halogens is 3. The van der Waals surface area contributed by atoms with Crippen LogP contribution in [0.4, 0.5) is 14.6 Å². The molecule has 0 spiro atoms. The van der Waals surface area contributed by atoms with Crippen LogP contribution in [0.3, 0.4) is 0 Å². The predicted octanol–water partition coefficient (Wildman–Crippen LogP) is 2.87. The van der Waals surface area contributed by atoms with Crippen molar-refractivity contribution in [1.82, 2.24) is 19.9 Å². The number of hydrogen-bond donors (Lipinski definition) is 1. The Bertz CT molecular complexity index is 628. The third kappa shape index (κ3) is 4.62. The summed E-state index contributed by atoms with van der Waals surface area (Å²) >= 11 is 0. The van der Waals surface area contributed by atoms with Crippen molar-refractivity contribution < 1.29 is 8.78 Å². The second-order valence-corrected chi connectivity index (χ2v) is 5.48. The van der Waals surface area contributed by atoms with Gasteiger partial charge in [0, 0.05) is 19.2 Å². The Labute approximate surface area is 140 Å². The van der Waals surface area contributed by atoms with Crippen LogP contribution in [0.1, 0.15) is 19.3 Å². The van der Waals surface area contributed by atoms with Crippen molar-refractivity contribution in [2.45, 2.75) is 19.3 Å². The average molecular weight is 344 g/mol. The largest absolute Gasteiger partial charge is 0.366 e. The SMILES string of the molecule is Cl.Fc1ccc(-n2cc(NCCN3CCCCC3)nn2)cc1F. The van der Waals surface area contributed by atoms with Gasteiger partial charge >= 0.3 is 0 Å². The molecule has 126 valence electrons. The minimum Gasteiger partial charge on any atom is -0.366 e. The summed E-state index contributed by atoms with van der Waals surface area (Å²) in [5.41, 5.74) is 0.440. The third-order valence-corrected chi connectivity index (χ3v) is 3.84. The van der Waals surface area contributed by atoms with Gasteiger partial charge in [0.25, 0.3) is 0 Å². The van der Waals surface area contributed by atoms with E-state index in [1.165, 1.54) is 30.0 Å². The van der Waals surface area contributed by atoms with Gasteiger partial charge in [0.15, 0.2) is 17.5 Å². The molecule has 0 bridgehead atoms. The van der Waals surface area contributed by atoms with Gasteiger partial charge in [-0.3, -0.25) is 0 Å². The molecule has 1 fully saturated rings. The Balaban J connectivity index is 0.00000192. The summed E-state index contributed by atoms with van der Waals surface area (Å²) in [7, 11) is 0. The van der Waals surface area contributed by atoms with Gasteiger partial charge in [0.1, 0.15) is 0 Å². The molecule has 0 aliphatic carbocycles. The number of nitrogens with zero attached hydrogens (tertiary/aromatic N) is 4. The molecule has 1 aliphatic rings. The minimum absolute atomic E-state index is 0. The van der Waals surface area contributed by atoms with E-state index in [4.69, 9.17) is 0 Å². The van der Waals surface area contributed by atoms with E-state index < -0.39 is 11.6 Å². The van der Waals surface area contributed by atoms with Gasteiger partial charge < -0.3 is 10.2 Å². The molecule has 1 aromatic carbocycles. The lowest BCUT2D eigenvalue weighted by atomic mass is 10.1. The summed E-state index contributed by atoms with van der Waals surface area (Å²) < 4.78 is 27.6. The van der Waals surface area contributed by atoms with Crippen LogP contribution in [-0.4, -0.2) is 46.1 Å². The number of aromatic nitrogens is 3. The molecule has 0 radical (unpaired) electrons. The fourth-order valence-electron chi connectivity index (χ4n) is 2.62. The molecule has 8 heteroatoms. The molecule has 1 aliphatic heterocycles. The number of piperidine rings is 1. The van der Waals surface area contributed by atoms with Gasteiger partial charge in [-0.05, 0) is 38.1 Å². The topological polar surface area (TPSA) is 46.0 Å².